The molecular weight excluding hydrogens is 296 g/mol. The molecule has 0 aromatic heterocycles. The smallest absolute Gasteiger partial charge is 0.326 e. The van der Waals surface area contributed by atoms with Gasteiger partial charge in [-0.05, 0) is 24.8 Å². The van der Waals surface area contributed by atoms with E-state index in [0.717, 1.165) is 12.8 Å². The van der Waals surface area contributed by atoms with Gasteiger partial charge in [0.1, 0.15) is 12.1 Å². The molecule has 2 amide bonds. The van der Waals surface area contributed by atoms with Gasteiger partial charge in [0, 0.05) is 13.0 Å². The highest BCUT2D eigenvalue weighted by Crippen LogP contribution is 2.26. The molecule has 2 N–H and O–H groups in total. The largest absolute Gasteiger partial charge is 0.480 e. The Morgan fingerprint density at radius 3 is 2.52 bits per heavy atom. The van der Waals surface area contributed by atoms with Gasteiger partial charge in [-0.3, -0.25) is 9.59 Å². The number of benzene rings is 1. The Labute approximate surface area is 135 Å². The van der Waals surface area contributed by atoms with Crippen molar-refractivity contribution in [3.05, 3.63) is 35.9 Å². The van der Waals surface area contributed by atoms with E-state index in [4.69, 9.17) is 5.11 Å². The number of piperidine rings is 1. The Kier molecular flexibility index (Phi) is 5.73. The first kappa shape index (κ1) is 17.0. The van der Waals surface area contributed by atoms with Crippen LogP contribution in [0.5, 0.6) is 0 Å². The lowest BCUT2D eigenvalue weighted by molar-refractivity contribution is -0.146. The maximum atomic E-state index is 12.7. The number of likely N-dealkylation sites (tertiary alicyclic amines) is 1. The van der Waals surface area contributed by atoms with Crippen LogP contribution in [0.4, 0.5) is 0 Å². The molecule has 6 heteroatoms. The van der Waals surface area contributed by atoms with Gasteiger partial charge in [-0.15, -0.1) is 0 Å². The van der Waals surface area contributed by atoms with E-state index in [1.54, 1.807) is 36.1 Å². The molecule has 1 aliphatic heterocycles. The Morgan fingerprint density at radius 1 is 1.26 bits per heavy atom. The number of carboxylic acid groups (broad SMARTS) is 1. The second-order valence-corrected chi connectivity index (χ2v) is 5.67. The van der Waals surface area contributed by atoms with Crippen LogP contribution < -0.4 is 5.32 Å². The van der Waals surface area contributed by atoms with E-state index in [1.807, 2.05) is 6.07 Å². The Hall–Kier alpha value is -2.37. The molecule has 0 radical (unpaired) electrons. The SMILES string of the molecule is CCC(NC(=O)C(c1ccccc1)N1CCCCC1=O)C(=O)O. The highest BCUT2D eigenvalue weighted by atomic mass is 16.4. The van der Waals surface area contributed by atoms with Crippen LogP contribution >= 0.6 is 0 Å². The molecule has 0 aliphatic carbocycles. The van der Waals surface area contributed by atoms with Crippen molar-refractivity contribution in [1.29, 1.82) is 0 Å². The fourth-order valence-electron chi connectivity index (χ4n) is 2.80. The zero-order valence-corrected chi connectivity index (χ0v) is 13.2. The zero-order valence-electron chi connectivity index (χ0n) is 13.2. The van der Waals surface area contributed by atoms with Gasteiger partial charge >= 0.3 is 5.97 Å². The van der Waals surface area contributed by atoms with Gasteiger partial charge in [-0.25, -0.2) is 4.79 Å². The zero-order chi connectivity index (χ0) is 16.8. The summed E-state index contributed by atoms with van der Waals surface area (Å²) in [5.74, 6) is -1.58. The third kappa shape index (κ3) is 4.09. The van der Waals surface area contributed by atoms with Crippen molar-refractivity contribution in [3.63, 3.8) is 0 Å². The topological polar surface area (TPSA) is 86.7 Å². The number of aliphatic carboxylic acids is 1. The number of carboxylic acids is 1. The predicted octanol–water partition coefficient (Wildman–Crippen LogP) is 1.72. The number of rotatable bonds is 6. The van der Waals surface area contributed by atoms with Crippen LogP contribution in [0.15, 0.2) is 30.3 Å². The van der Waals surface area contributed by atoms with E-state index < -0.39 is 24.0 Å². The van der Waals surface area contributed by atoms with Crippen molar-refractivity contribution < 1.29 is 19.5 Å². The van der Waals surface area contributed by atoms with E-state index in [1.165, 1.54) is 0 Å². The minimum Gasteiger partial charge on any atom is -0.480 e. The molecule has 0 spiro atoms. The van der Waals surface area contributed by atoms with Gasteiger partial charge in [0.25, 0.3) is 0 Å². The van der Waals surface area contributed by atoms with Crippen LogP contribution in [0.1, 0.15) is 44.2 Å². The highest BCUT2D eigenvalue weighted by Gasteiger charge is 2.34. The quantitative estimate of drug-likeness (QED) is 0.836. The number of carbonyl (C=O) groups excluding carboxylic acids is 2. The molecule has 2 rings (SSSR count). The summed E-state index contributed by atoms with van der Waals surface area (Å²) in [7, 11) is 0. The molecule has 0 bridgehead atoms. The summed E-state index contributed by atoms with van der Waals surface area (Å²) in [4.78, 5) is 37.7. The highest BCUT2D eigenvalue weighted by molar-refractivity contribution is 5.91. The lowest BCUT2D eigenvalue weighted by Crippen LogP contribution is -2.49. The molecular formula is C17H22N2O4. The average molecular weight is 318 g/mol. The number of carbonyl (C=O) groups is 3. The van der Waals surface area contributed by atoms with Crippen molar-refractivity contribution >= 4 is 17.8 Å². The fraction of sp³-hybridized carbons (Fsp3) is 0.471. The standard InChI is InChI=1S/C17H22N2O4/c1-2-13(17(22)23)18-16(21)15(12-8-4-3-5-9-12)19-11-7-6-10-14(19)20/h3-5,8-9,13,15H,2,6-7,10-11H2,1H3,(H,18,21)(H,22,23). The molecule has 2 unspecified atom stereocenters. The fourth-order valence-corrected chi connectivity index (χ4v) is 2.80. The lowest BCUT2D eigenvalue weighted by atomic mass is 10.00. The molecule has 0 saturated carbocycles. The van der Waals surface area contributed by atoms with Crippen LogP contribution in [-0.2, 0) is 14.4 Å². The Bertz CT molecular complexity index is 573. The van der Waals surface area contributed by atoms with Crippen molar-refractivity contribution in [2.45, 2.75) is 44.7 Å². The Balaban J connectivity index is 2.28. The molecule has 2 atom stereocenters. The van der Waals surface area contributed by atoms with Crippen LogP contribution in [-0.4, -0.2) is 40.4 Å². The molecule has 1 fully saturated rings. The van der Waals surface area contributed by atoms with Gasteiger partial charge in [0.05, 0.1) is 0 Å². The summed E-state index contributed by atoms with van der Waals surface area (Å²) < 4.78 is 0. The van der Waals surface area contributed by atoms with Crippen LogP contribution in [0.3, 0.4) is 0 Å². The monoisotopic (exact) mass is 318 g/mol. The lowest BCUT2D eigenvalue weighted by Gasteiger charge is -2.34. The van der Waals surface area contributed by atoms with Crippen LogP contribution in [0.25, 0.3) is 0 Å². The van der Waals surface area contributed by atoms with Gasteiger partial charge in [0.15, 0.2) is 0 Å². The second-order valence-electron chi connectivity index (χ2n) is 5.67. The predicted molar refractivity (Wildman–Crippen MR) is 84.6 cm³/mol. The molecule has 1 saturated heterocycles. The van der Waals surface area contributed by atoms with Gasteiger partial charge in [-0.2, -0.15) is 0 Å². The molecule has 23 heavy (non-hydrogen) atoms. The van der Waals surface area contributed by atoms with Crippen molar-refractivity contribution in [2.24, 2.45) is 0 Å². The van der Waals surface area contributed by atoms with Crippen molar-refractivity contribution in [3.8, 4) is 0 Å². The molecule has 1 aromatic carbocycles. The second kappa shape index (κ2) is 7.76. The van der Waals surface area contributed by atoms with Crippen molar-refractivity contribution in [2.75, 3.05) is 6.54 Å². The first-order valence-electron chi connectivity index (χ1n) is 7.92. The number of nitrogens with zero attached hydrogens (tertiary/aromatic N) is 1. The summed E-state index contributed by atoms with van der Waals surface area (Å²) in [6, 6.07) is 7.28. The van der Waals surface area contributed by atoms with E-state index in [0.29, 0.717) is 18.5 Å². The van der Waals surface area contributed by atoms with E-state index in [9.17, 15) is 14.4 Å². The maximum absolute atomic E-state index is 12.7. The molecule has 6 nitrogen and oxygen atoms in total. The first-order valence-corrected chi connectivity index (χ1v) is 7.92. The van der Waals surface area contributed by atoms with Crippen molar-refractivity contribution in [1.82, 2.24) is 10.2 Å². The molecule has 1 aliphatic rings. The normalized spacial score (nSPS) is 17.4. The minimum atomic E-state index is -1.07. The average Bonchev–Trinajstić information content (AvgIpc) is 2.55. The summed E-state index contributed by atoms with van der Waals surface area (Å²) in [6.45, 7) is 2.21. The number of hydrogen-bond acceptors (Lipinski definition) is 3. The summed E-state index contributed by atoms with van der Waals surface area (Å²) in [5.41, 5.74) is 0.695. The van der Waals surface area contributed by atoms with Gasteiger partial charge in [0.2, 0.25) is 11.8 Å². The van der Waals surface area contributed by atoms with Gasteiger partial charge < -0.3 is 15.3 Å². The van der Waals surface area contributed by atoms with Gasteiger partial charge in [-0.1, -0.05) is 37.3 Å². The summed E-state index contributed by atoms with van der Waals surface area (Å²) in [5, 5.41) is 11.7. The Morgan fingerprint density at radius 2 is 1.96 bits per heavy atom. The van der Waals surface area contributed by atoms with Crippen LogP contribution in [0, 0.1) is 0 Å². The third-order valence-electron chi connectivity index (χ3n) is 4.06. The third-order valence-corrected chi connectivity index (χ3v) is 4.06. The summed E-state index contributed by atoms with van der Waals surface area (Å²) in [6.07, 6.45) is 2.38. The number of hydrogen-bond donors (Lipinski definition) is 2. The number of nitrogens with one attached hydrogen (secondary N) is 1. The van der Waals surface area contributed by atoms with E-state index in [-0.39, 0.29) is 12.3 Å². The maximum Gasteiger partial charge on any atom is 0.326 e. The number of amides is 2. The molecule has 1 aromatic rings. The molecule has 1 heterocycles. The van der Waals surface area contributed by atoms with E-state index in [2.05, 4.69) is 5.32 Å². The molecule has 124 valence electrons. The first-order chi connectivity index (χ1) is 11.0. The van der Waals surface area contributed by atoms with Crippen LogP contribution in [0.2, 0.25) is 0 Å². The minimum absolute atomic E-state index is 0.0661. The summed E-state index contributed by atoms with van der Waals surface area (Å²) >= 11 is 0. The van der Waals surface area contributed by atoms with E-state index >= 15 is 0 Å².